The van der Waals surface area contributed by atoms with Crippen LogP contribution < -0.4 is 10.1 Å². The van der Waals surface area contributed by atoms with Crippen molar-refractivity contribution in [2.45, 2.75) is 25.8 Å². The molecule has 0 unspecified atom stereocenters. The Labute approximate surface area is 154 Å². The van der Waals surface area contributed by atoms with Crippen LogP contribution in [-0.2, 0) is 11.8 Å². The van der Waals surface area contributed by atoms with E-state index in [4.69, 9.17) is 4.74 Å². The Kier molecular flexibility index (Phi) is 5.73. The molecule has 0 bridgehead atoms. The second kappa shape index (κ2) is 8.19. The normalized spacial score (nSPS) is 16.0. The van der Waals surface area contributed by atoms with E-state index in [1.54, 1.807) is 7.11 Å². The fourth-order valence-corrected chi connectivity index (χ4v) is 3.33. The summed E-state index contributed by atoms with van der Waals surface area (Å²) in [6.45, 7) is 3.70. The molecule has 26 heavy (non-hydrogen) atoms. The molecule has 1 amide bonds. The minimum absolute atomic E-state index is 0.0379. The van der Waals surface area contributed by atoms with Crippen LogP contribution in [0.4, 0.5) is 5.69 Å². The maximum Gasteiger partial charge on any atom is 0.241 e. The minimum atomic E-state index is -0.135. The summed E-state index contributed by atoms with van der Waals surface area (Å²) < 4.78 is 6.97. The summed E-state index contributed by atoms with van der Waals surface area (Å²) in [5, 5.41) is 7.26. The Balaban J connectivity index is 1.63. The Bertz CT molecular complexity index is 779. The van der Waals surface area contributed by atoms with Crippen LogP contribution in [0, 0.1) is 0 Å². The first-order chi connectivity index (χ1) is 12.6. The first-order valence-corrected chi connectivity index (χ1v) is 8.97. The highest BCUT2D eigenvalue weighted by atomic mass is 16.5. The molecule has 1 N–H and O–H groups in total. The number of hydrogen-bond donors (Lipinski definition) is 1. The van der Waals surface area contributed by atoms with E-state index in [1.165, 1.54) is 11.1 Å². The molecule has 1 atom stereocenters. The van der Waals surface area contributed by atoms with Crippen molar-refractivity contribution in [3.63, 3.8) is 0 Å². The number of aromatic nitrogens is 2. The van der Waals surface area contributed by atoms with Crippen molar-refractivity contribution < 1.29 is 9.53 Å². The second-order valence-corrected chi connectivity index (χ2v) is 6.52. The molecule has 6 heteroatoms. The van der Waals surface area contributed by atoms with Crippen molar-refractivity contribution in [2.75, 3.05) is 25.5 Å². The summed E-state index contributed by atoms with van der Waals surface area (Å²) in [6, 6.07) is 7.28. The maximum absolute atomic E-state index is 12.7. The van der Waals surface area contributed by atoms with Crippen LogP contribution in [0.25, 0.3) is 5.57 Å². The summed E-state index contributed by atoms with van der Waals surface area (Å²) in [4.78, 5) is 15.0. The minimum Gasteiger partial charge on any atom is -0.497 e. The first kappa shape index (κ1) is 18.2. The number of nitrogens with one attached hydrogen (secondary N) is 1. The lowest BCUT2D eigenvalue weighted by Crippen LogP contribution is -2.45. The quantitative estimate of drug-likeness (QED) is 0.866. The lowest BCUT2D eigenvalue weighted by molar-refractivity contribution is -0.121. The van der Waals surface area contributed by atoms with Gasteiger partial charge in [-0.3, -0.25) is 14.4 Å². The van der Waals surface area contributed by atoms with Gasteiger partial charge < -0.3 is 10.1 Å². The average Bonchev–Trinajstić information content (AvgIpc) is 3.10. The van der Waals surface area contributed by atoms with Gasteiger partial charge >= 0.3 is 0 Å². The fraction of sp³-hybridized carbons (Fsp3) is 0.400. The molecule has 1 aromatic carbocycles. The Hall–Kier alpha value is -2.60. The summed E-state index contributed by atoms with van der Waals surface area (Å²) >= 11 is 0. The van der Waals surface area contributed by atoms with E-state index < -0.39 is 0 Å². The van der Waals surface area contributed by atoms with Crippen LogP contribution >= 0.6 is 0 Å². The number of ether oxygens (including phenoxy) is 1. The predicted molar refractivity (Wildman–Crippen MR) is 103 cm³/mol. The van der Waals surface area contributed by atoms with Gasteiger partial charge in [-0.1, -0.05) is 13.0 Å². The molecule has 6 nitrogen and oxygen atoms in total. The molecule has 0 radical (unpaired) electrons. The summed E-state index contributed by atoms with van der Waals surface area (Å²) in [6.07, 6.45) is 7.85. The molecule has 0 fully saturated rings. The van der Waals surface area contributed by atoms with E-state index >= 15 is 0 Å². The van der Waals surface area contributed by atoms with Crippen LogP contribution in [0.2, 0.25) is 0 Å². The van der Waals surface area contributed by atoms with E-state index in [0.717, 1.165) is 37.4 Å². The van der Waals surface area contributed by atoms with Crippen molar-refractivity contribution >= 4 is 17.2 Å². The maximum atomic E-state index is 12.7. The highest BCUT2D eigenvalue weighted by Crippen LogP contribution is 2.24. The number of amides is 1. The number of carbonyl (C=O) groups is 1. The molecule has 0 saturated heterocycles. The lowest BCUT2D eigenvalue weighted by Gasteiger charge is -2.32. The highest BCUT2D eigenvalue weighted by molar-refractivity contribution is 5.94. The summed E-state index contributed by atoms with van der Waals surface area (Å²) in [5.74, 6) is 0.815. The number of aryl methyl sites for hydroxylation is 1. The third kappa shape index (κ3) is 4.14. The Morgan fingerprint density at radius 3 is 2.65 bits per heavy atom. The van der Waals surface area contributed by atoms with Gasteiger partial charge in [0, 0.05) is 37.6 Å². The van der Waals surface area contributed by atoms with Gasteiger partial charge in [-0.25, -0.2) is 0 Å². The standard InChI is InChI=1S/C20H26N4O2/c1-4-19(20(25)22-17-5-7-18(26-3)8-6-17)24-11-9-15(10-12-24)16-13-21-23(2)14-16/h5-9,13-14,19H,4,10-12H2,1-3H3,(H,22,25)/t19-/m0/s1. The number of nitrogens with zero attached hydrogens (tertiary/aromatic N) is 3. The summed E-state index contributed by atoms with van der Waals surface area (Å²) in [7, 11) is 3.56. The van der Waals surface area contributed by atoms with Crippen LogP contribution in [0.1, 0.15) is 25.3 Å². The number of methoxy groups -OCH3 is 1. The summed E-state index contributed by atoms with van der Waals surface area (Å²) in [5.41, 5.74) is 3.26. The molecule has 0 aliphatic carbocycles. The zero-order valence-electron chi connectivity index (χ0n) is 15.6. The van der Waals surface area contributed by atoms with Gasteiger partial charge in [0.25, 0.3) is 0 Å². The molecule has 2 aromatic rings. The van der Waals surface area contributed by atoms with Gasteiger partial charge in [0.05, 0.1) is 19.3 Å². The van der Waals surface area contributed by atoms with Crippen molar-refractivity contribution in [2.24, 2.45) is 7.05 Å². The molecular formula is C20H26N4O2. The van der Waals surface area contributed by atoms with Gasteiger partial charge in [0.15, 0.2) is 0 Å². The number of hydrogen-bond acceptors (Lipinski definition) is 4. The molecule has 1 aliphatic rings. The van der Waals surface area contributed by atoms with Gasteiger partial charge in [0.2, 0.25) is 5.91 Å². The van der Waals surface area contributed by atoms with Crippen LogP contribution in [0.5, 0.6) is 5.75 Å². The Morgan fingerprint density at radius 1 is 1.35 bits per heavy atom. The number of anilines is 1. The van der Waals surface area contributed by atoms with Crippen LogP contribution in [-0.4, -0.2) is 46.8 Å². The van der Waals surface area contributed by atoms with Gasteiger partial charge in [-0.2, -0.15) is 5.10 Å². The van der Waals surface area contributed by atoms with Crippen molar-refractivity contribution in [3.8, 4) is 5.75 Å². The topological polar surface area (TPSA) is 59.4 Å². The average molecular weight is 354 g/mol. The molecule has 3 rings (SSSR count). The molecular weight excluding hydrogens is 328 g/mol. The van der Waals surface area contributed by atoms with E-state index in [0.29, 0.717) is 0 Å². The molecule has 0 saturated carbocycles. The van der Waals surface area contributed by atoms with E-state index in [-0.39, 0.29) is 11.9 Å². The largest absolute Gasteiger partial charge is 0.497 e. The van der Waals surface area contributed by atoms with Crippen LogP contribution in [0.3, 0.4) is 0 Å². The monoisotopic (exact) mass is 354 g/mol. The zero-order valence-corrected chi connectivity index (χ0v) is 15.6. The smallest absolute Gasteiger partial charge is 0.241 e. The van der Waals surface area contributed by atoms with E-state index in [2.05, 4.69) is 28.3 Å². The van der Waals surface area contributed by atoms with Gasteiger partial charge in [-0.05, 0) is 42.7 Å². The van der Waals surface area contributed by atoms with Gasteiger partial charge in [-0.15, -0.1) is 0 Å². The van der Waals surface area contributed by atoms with Crippen molar-refractivity contribution in [1.29, 1.82) is 0 Å². The molecule has 1 aromatic heterocycles. The number of rotatable bonds is 6. The van der Waals surface area contributed by atoms with Gasteiger partial charge in [0.1, 0.15) is 5.75 Å². The third-order valence-corrected chi connectivity index (χ3v) is 4.80. The number of benzene rings is 1. The SMILES string of the molecule is CC[C@@H](C(=O)Nc1ccc(OC)cc1)N1CC=C(c2cnn(C)c2)CC1. The lowest BCUT2D eigenvalue weighted by atomic mass is 10.0. The number of carbonyl (C=O) groups excluding carboxylic acids is 1. The highest BCUT2D eigenvalue weighted by Gasteiger charge is 2.26. The fourth-order valence-electron chi connectivity index (χ4n) is 3.33. The van der Waals surface area contributed by atoms with E-state index in [1.807, 2.05) is 48.4 Å². The second-order valence-electron chi connectivity index (χ2n) is 6.52. The first-order valence-electron chi connectivity index (χ1n) is 8.97. The zero-order chi connectivity index (χ0) is 18.5. The van der Waals surface area contributed by atoms with Crippen LogP contribution in [0.15, 0.2) is 42.7 Å². The molecule has 1 aliphatic heterocycles. The Morgan fingerprint density at radius 2 is 2.12 bits per heavy atom. The molecule has 2 heterocycles. The van der Waals surface area contributed by atoms with Crippen molar-refractivity contribution in [1.82, 2.24) is 14.7 Å². The molecule has 0 spiro atoms. The predicted octanol–water partition coefficient (Wildman–Crippen LogP) is 2.94. The molecule has 138 valence electrons. The van der Waals surface area contributed by atoms with Crippen molar-refractivity contribution in [3.05, 3.63) is 48.3 Å². The third-order valence-electron chi connectivity index (χ3n) is 4.80. The van der Waals surface area contributed by atoms with E-state index in [9.17, 15) is 4.79 Å².